The number of benzene rings is 1. The third kappa shape index (κ3) is 3.59. The van der Waals surface area contributed by atoms with Gasteiger partial charge < -0.3 is 14.8 Å². The quantitative estimate of drug-likeness (QED) is 0.551. The molecule has 154 valence electrons. The first-order valence-electron chi connectivity index (χ1n) is 9.93. The van der Waals surface area contributed by atoms with Crippen molar-refractivity contribution in [2.24, 2.45) is 23.7 Å². The molecule has 3 fully saturated rings. The number of anilines is 1. The Bertz CT molecular complexity index is 825. The fourth-order valence-corrected chi connectivity index (χ4v) is 5.05. The van der Waals surface area contributed by atoms with Gasteiger partial charge in [-0.05, 0) is 43.2 Å². The number of nitrogens with zero attached hydrogens (tertiary/aromatic N) is 1. The molecule has 0 radical (unpaired) electrons. The van der Waals surface area contributed by atoms with E-state index in [4.69, 9.17) is 9.47 Å². The summed E-state index contributed by atoms with van der Waals surface area (Å²) in [5.41, 5.74) is 0.477. The van der Waals surface area contributed by atoms with Gasteiger partial charge in [0.25, 0.3) is 5.91 Å². The summed E-state index contributed by atoms with van der Waals surface area (Å²) in [4.78, 5) is 50.4. The highest BCUT2D eigenvalue weighted by Gasteiger charge is 2.60. The van der Waals surface area contributed by atoms with Crippen molar-refractivity contribution in [3.05, 3.63) is 24.3 Å². The second-order valence-electron chi connectivity index (χ2n) is 7.87. The van der Waals surface area contributed by atoms with Gasteiger partial charge in [0, 0.05) is 6.54 Å². The Morgan fingerprint density at radius 3 is 2.41 bits per heavy atom. The molecule has 8 nitrogen and oxygen atoms in total. The van der Waals surface area contributed by atoms with Crippen LogP contribution in [0.1, 0.15) is 25.7 Å². The van der Waals surface area contributed by atoms with Crippen molar-refractivity contribution < 1.29 is 28.7 Å². The maximum atomic E-state index is 12.6. The molecule has 0 spiro atoms. The second kappa shape index (κ2) is 7.85. The van der Waals surface area contributed by atoms with E-state index in [9.17, 15) is 19.2 Å². The molecule has 2 aliphatic carbocycles. The molecule has 3 aliphatic rings. The van der Waals surface area contributed by atoms with Crippen LogP contribution in [0.2, 0.25) is 0 Å². The molecule has 8 heteroatoms. The number of carbonyl (C=O) groups is 4. The van der Waals surface area contributed by atoms with E-state index in [1.165, 1.54) is 12.0 Å². The lowest BCUT2D eigenvalue weighted by atomic mass is 9.81. The summed E-state index contributed by atoms with van der Waals surface area (Å²) < 4.78 is 10.1. The molecule has 0 aromatic heterocycles. The van der Waals surface area contributed by atoms with Gasteiger partial charge >= 0.3 is 5.97 Å². The van der Waals surface area contributed by atoms with E-state index in [0.29, 0.717) is 23.3 Å². The average Bonchev–Trinajstić information content (AvgIpc) is 3.40. The minimum atomic E-state index is -0.624. The highest BCUT2D eigenvalue weighted by Crippen LogP contribution is 2.56. The number of rotatable bonds is 7. The van der Waals surface area contributed by atoms with Crippen molar-refractivity contribution in [1.82, 2.24) is 4.90 Å². The second-order valence-corrected chi connectivity index (χ2v) is 7.87. The number of imide groups is 1. The Balaban J connectivity index is 1.24. The lowest BCUT2D eigenvalue weighted by Crippen LogP contribution is -2.35. The largest absolute Gasteiger partial charge is 0.495 e. The summed E-state index contributed by atoms with van der Waals surface area (Å²) in [6, 6.07) is 6.89. The first-order valence-corrected chi connectivity index (χ1v) is 9.93. The molecule has 1 N–H and O–H groups in total. The van der Waals surface area contributed by atoms with Crippen LogP contribution < -0.4 is 10.1 Å². The zero-order chi connectivity index (χ0) is 20.5. The van der Waals surface area contributed by atoms with E-state index in [1.54, 1.807) is 24.3 Å². The zero-order valence-corrected chi connectivity index (χ0v) is 16.3. The lowest BCUT2D eigenvalue weighted by Gasteiger charge is -2.19. The Morgan fingerprint density at radius 1 is 1.10 bits per heavy atom. The van der Waals surface area contributed by atoms with Crippen LogP contribution in [0, 0.1) is 23.7 Å². The maximum absolute atomic E-state index is 12.6. The van der Waals surface area contributed by atoms with Gasteiger partial charge in [0.05, 0.1) is 31.1 Å². The van der Waals surface area contributed by atoms with E-state index >= 15 is 0 Å². The molecule has 1 heterocycles. The topological polar surface area (TPSA) is 102 Å². The van der Waals surface area contributed by atoms with Crippen molar-refractivity contribution in [2.75, 3.05) is 25.6 Å². The number of nitrogens with one attached hydrogen (secondary N) is 1. The molecule has 1 aromatic rings. The number of fused-ring (bicyclic) bond motifs is 5. The summed E-state index contributed by atoms with van der Waals surface area (Å²) in [7, 11) is 1.49. The Labute approximate surface area is 168 Å². The zero-order valence-electron chi connectivity index (χ0n) is 16.3. The molecular formula is C21H24N2O6. The van der Waals surface area contributed by atoms with Crippen LogP contribution in [-0.2, 0) is 23.9 Å². The lowest BCUT2D eigenvalue weighted by molar-refractivity contribution is -0.149. The number of methoxy groups -OCH3 is 1. The first-order chi connectivity index (χ1) is 14.0. The van der Waals surface area contributed by atoms with Crippen molar-refractivity contribution in [3.8, 4) is 5.75 Å². The van der Waals surface area contributed by atoms with Crippen molar-refractivity contribution in [3.63, 3.8) is 0 Å². The number of amides is 3. The first kappa shape index (κ1) is 19.4. The molecule has 1 saturated heterocycles. The van der Waals surface area contributed by atoms with Gasteiger partial charge in [0.1, 0.15) is 5.75 Å². The number of ether oxygens (including phenoxy) is 2. The normalized spacial score (nSPS) is 27.1. The standard InChI is InChI=1S/C21H24N2O6/c1-28-15-5-3-2-4-14(15)22-16(24)11-29-17(25)8-9-23-20(26)18-12-6-7-13(10-12)19(18)21(23)27/h2-5,12-13,18-19H,6-11H2,1H3,(H,22,24)/t12-,13-,18-,19+/m0/s1. The molecule has 29 heavy (non-hydrogen) atoms. The molecule has 0 unspecified atom stereocenters. The van der Waals surface area contributed by atoms with Gasteiger partial charge in [-0.25, -0.2) is 0 Å². The Hall–Kier alpha value is -2.90. The van der Waals surface area contributed by atoms with Gasteiger partial charge in [-0.1, -0.05) is 12.1 Å². The smallest absolute Gasteiger partial charge is 0.308 e. The van der Waals surface area contributed by atoms with Crippen molar-refractivity contribution >= 4 is 29.4 Å². The fourth-order valence-electron chi connectivity index (χ4n) is 5.05. The predicted molar refractivity (Wildman–Crippen MR) is 102 cm³/mol. The third-order valence-electron chi connectivity index (χ3n) is 6.30. The molecule has 2 saturated carbocycles. The number of carbonyl (C=O) groups excluding carboxylic acids is 4. The number of para-hydroxylation sites is 2. The minimum Gasteiger partial charge on any atom is -0.495 e. The monoisotopic (exact) mass is 400 g/mol. The average molecular weight is 400 g/mol. The Kier molecular flexibility index (Phi) is 5.25. The summed E-state index contributed by atoms with van der Waals surface area (Å²) >= 11 is 0. The molecule has 4 rings (SSSR count). The molecule has 1 aliphatic heterocycles. The highest BCUT2D eigenvalue weighted by atomic mass is 16.5. The third-order valence-corrected chi connectivity index (χ3v) is 6.30. The highest BCUT2D eigenvalue weighted by molar-refractivity contribution is 6.06. The molecule has 2 bridgehead atoms. The number of hydrogen-bond donors (Lipinski definition) is 1. The van der Waals surface area contributed by atoms with Gasteiger partial charge in [0.2, 0.25) is 11.8 Å². The maximum Gasteiger partial charge on any atom is 0.308 e. The van der Waals surface area contributed by atoms with Gasteiger partial charge in [-0.2, -0.15) is 0 Å². The minimum absolute atomic E-state index is 0.0110. The molecular weight excluding hydrogens is 376 g/mol. The number of hydrogen-bond acceptors (Lipinski definition) is 6. The molecule has 4 atom stereocenters. The van der Waals surface area contributed by atoms with Crippen LogP contribution in [-0.4, -0.2) is 48.9 Å². The summed E-state index contributed by atoms with van der Waals surface area (Å²) in [6.45, 7) is -0.439. The van der Waals surface area contributed by atoms with Gasteiger partial charge in [0.15, 0.2) is 6.61 Å². The predicted octanol–water partition coefficient (Wildman–Crippen LogP) is 1.60. The van der Waals surface area contributed by atoms with Crippen LogP contribution in [0.4, 0.5) is 5.69 Å². The van der Waals surface area contributed by atoms with Crippen LogP contribution in [0.3, 0.4) is 0 Å². The van der Waals surface area contributed by atoms with Crippen LogP contribution >= 0.6 is 0 Å². The van der Waals surface area contributed by atoms with E-state index in [0.717, 1.165) is 19.3 Å². The number of likely N-dealkylation sites (tertiary alicyclic amines) is 1. The van der Waals surface area contributed by atoms with Gasteiger partial charge in [-0.3, -0.25) is 24.1 Å². The molecule has 3 amide bonds. The fraction of sp³-hybridized carbons (Fsp3) is 0.524. The van der Waals surface area contributed by atoms with E-state index < -0.39 is 18.5 Å². The van der Waals surface area contributed by atoms with Crippen molar-refractivity contribution in [1.29, 1.82) is 0 Å². The van der Waals surface area contributed by atoms with E-state index in [-0.39, 0.29) is 36.6 Å². The SMILES string of the molecule is COc1ccccc1NC(=O)COC(=O)CCN1C(=O)[C@@H]2[C@H]3CC[C@@H](C3)[C@@H]2C1=O. The Morgan fingerprint density at radius 2 is 1.76 bits per heavy atom. The van der Waals surface area contributed by atoms with Crippen LogP contribution in [0.5, 0.6) is 5.75 Å². The summed E-state index contributed by atoms with van der Waals surface area (Å²) in [6.07, 6.45) is 2.89. The number of esters is 1. The van der Waals surface area contributed by atoms with Gasteiger partial charge in [-0.15, -0.1) is 0 Å². The van der Waals surface area contributed by atoms with Crippen LogP contribution in [0.15, 0.2) is 24.3 Å². The van der Waals surface area contributed by atoms with E-state index in [2.05, 4.69) is 5.32 Å². The molecule has 1 aromatic carbocycles. The summed E-state index contributed by atoms with van der Waals surface area (Å²) in [5, 5.41) is 2.61. The van der Waals surface area contributed by atoms with Crippen molar-refractivity contribution in [2.45, 2.75) is 25.7 Å². The van der Waals surface area contributed by atoms with E-state index in [1.807, 2.05) is 0 Å². The summed E-state index contributed by atoms with van der Waals surface area (Å²) in [5.74, 6) is -0.661. The van der Waals surface area contributed by atoms with Crippen LogP contribution in [0.25, 0.3) is 0 Å².